The number of hydrogen-bond donors (Lipinski definition) is 0. The summed E-state index contributed by atoms with van der Waals surface area (Å²) in [5.41, 5.74) is 5.03. The molecule has 1 aliphatic heterocycles. The molecule has 1 saturated heterocycles. The highest BCUT2D eigenvalue weighted by Gasteiger charge is 2.29. The highest BCUT2D eigenvalue weighted by Crippen LogP contribution is 2.30. The molecule has 2 heterocycles. The lowest BCUT2D eigenvalue weighted by Gasteiger charge is -2.15. The van der Waals surface area contributed by atoms with E-state index in [4.69, 9.17) is 4.42 Å². The number of aromatic nitrogens is 2. The van der Waals surface area contributed by atoms with Gasteiger partial charge in [-0.2, -0.15) is 0 Å². The minimum absolute atomic E-state index is 0.0630. The smallest absolute Gasteiger partial charge is 0.276 e. The summed E-state index contributed by atoms with van der Waals surface area (Å²) in [6.45, 7) is 7.57. The second-order valence-corrected chi connectivity index (χ2v) is 10.4. The fourth-order valence-corrected chi connectivity index (χ4v) is 6.61. The van der Waals surface area contributed by atoms with Gasteiger partial charge in [0, 0.05) is 17.7 Å². The van der Waals surface area contributed by atoms with Gasteiger partial charge in [-0.15, -0.1) is 10.2 Å². The van der Waals surface area contributed by atoms with E-state index in [9.17, 15) is 13.2 Å². The Morgan fingerprint density at radius 2 is 2.00 bits per heavy atom. The summed E-state index contributed by atoms with van der Waals surface area (Å²) >= 11 is 1.44. The van der Waals surface area contributed by atoms with E-state index in [1.54, 1.807) is 6.92 Å². The first kappa shape index (κ1) is 20.1. The van der Waals surface area contributed by atoms with E-state index < -0.39 is 9.84 Å². The average molecular weight is 409 g/mol. The lowest BCUT2D eigenvalue weighted by atomic mass is 9.92. The van der Waals surface area contributed by atoms with Gasteiger partial charge in [0.2, 0.25) is 5.89 Å². The molecule has 1 unspecified atom stereocenters. The Labute approximate surface area is 164 Å². The van der Waals surface area contributed by atoms with E-state index in [1.165, 1.54) is 11.8 Å². The molecule has 27 heavy (non-hydrogen) atoms. The van der Waals surface area contributed by atoms with Crippen LogP contribution in [0.1, 0.15) is 51.8 Å². The molecule has 146 valence electrons. The van der Waals surface area contributed by atoms with Crippen LogP contribution in [0, 0.1) is 26.7 Å². The first-order valence-electron chi connectivity index (χ1n) is 8.92. The van der Waals surface area contributed by atoms with Crippen molar-refractivity contribution in [3.8, 4) is 0 Å². The van der Waals surface area contributed by atoms with Crippen molar-refractivity contribution in [3.63, 3.8) is 0 Å². The average Bonchev–Trinajstić information content (AvgIpc) is 3.12. The number of benzene rings is 1. The Balaban J connectivity index is 1.69. The topological polar surface area (TPSA) is 90.1 Å². The maximum absolute atomic E-state index is 11.9. The largest absolute Gasteiger partial charge is 0.416 e. The Morgan fingerprint density at radius 3 is 2.63 bits per heavy atom. The number of nitrogens with zero attached hydrogens (tertiary/aromatic N) is 2. The first-order valence-corrected chi connectivity index (χ1v) is 11.7. The molecule has 1 aromatic carbocycles. The zero-order valence-corrected chi connectivity index (χ0v) is 17.7. The van der Waals surface area contributed by atoms with Gasteiger partial charge in [0.1, 0.15) is 0 Å². The molecule has 1 fully saturated rings. The molecular weight excluding hydrogens is 384 g/mol. The standard InChI is InChI=1S/C19H24N2O4S2/c1-11-7-12(2)18(14(4)22)13(3)16(11)9-26-19-21-20-17(25-19)8-15-5-6-27(23,24)10-15/h7,15H,5-6,8-10H2,1-4H3. The van der Waals surface area contributed by atoms with Crippen molar-refractivity contribution in [3.05, 3.63) is 39.8 Å². The van der Waals surface area contributed by atoms with Crippen LogP contribution < -0.4 is 0 Å². The first-order chi connectivity index (χ1) is 12.7. The predicted octanol–water partition coefficient (Wildman–Crippen LogP) is 3.47. The van der Waals surface area contributed by atoms with Crippen LogP contribution >= 0.6 is 11.8 Å². The normalized spacial score (nSPS) is 18.7. The SMILES string of the molecule is CC(=O)c1c(C)cc(C)c(CSc2nnc(CC3CCS(=O)(=O)C3)o2)c1C. The molecular formula is C19H24N2O4S2. The minimum Gasteiger partial charge on any atom is -0.416 e. The number of carbonyl (C=O) groups is 1. The van der Waals surface area contributed by atoms with E-state index in [1.807, 2.05) is 26.8 Å². The lowest BCUT2D eigenvalue weighted by Crippen LogP contribution is -2.07. The number of hydrogen-bond acceptors (Lipinski definition) is 7. The van der Waals surface area contributed by atoms with Crippen molar-refractivity contribution < 1.29 is 17.6 Å². The van der Waals surface area contributed by atoms with E-state index in [-0.39, 0.29) is 23.2 Å². The summed E-state index contributed by atoms with van der Waals surface area (Å²) in [5.74, 6) is 1.71. The van der Waals surface area contributed by atoms with Gasteiger partial charge in [-0.25, -0.2) is 8.42 Å². The summed E-state index contributed by atoms with van der Waals surface area (Å²) in [5, 5.41) is 8.60. The Morgan fingerprint density at radius 1 is 1.26 bits per heavy atom. The minimum atomic E-state index is -2.90. The molecule has 2 aromatic rings. The molecule has 0 N–H and O–H groups in total. The van der Waals surface area contributed by atoms with Crippen LogP contribution in [0.4, 0.5) is 0 Å². The zero-order chi connectivity index (χ0) is 19.8. The third kappa shape index (κ3) is 4.60. The highest BCUT2D eigenvalue weighted by atomic mass is 32.2. The molecule has 0 aliphatic carbocycles. The second kappa shape index (κ2) is 7.75. The van der Waals surface area contributed by atoms with E-state index in [0.717, 1.165) is 27.8 Å². The molecule has 6 nitrogen and oxygen atoms in total. The number of sulfone groups is 1. The molecule has 0 bridgehead atoms. The summed E-state index contributed by atoms with van der Waals surface area (Å²) < 4.78 is 28.8. The zero-order valence-electron chi connectivity index (χ0n) is 16.0. The predicted molar refractivity (Wildman–Crippen MR) is 105 cm³/mol. The Kier molecular flexibility index (Phi) is 5.76. The number of aryl methyl sites for hydroxylation is 2. The summed E-state index contributed by atoms with van der Waals surface area (Å²) in [6, 6.07) is 2.04. The Bertz CT molecular complexity index is 980. The van der Waals surface area contributed by atoms with Crippen LogP contribution in [-0.4, -0.2) is 35.9 Å². The second-order valence-electron chi connectivity index (χ2n) is 7.27. The third-order valence-electron chi connectivity index (χ3n) is 5.06. The van der Waals surface area contributed by atoms with Crippen LogP contribution in [0.2, 0.25) is 0 Å². The number of thioether (sulfide) groups is 1. The van der Waals surface area contributed by atoms with Gasteiger partial charge in [0.25, 0.3) is 5.22 Å². The fourth-order valence-electron chi connectivity index (χ4n) is 3.78. The van der Waals surface area contributed by atoms with Gasteiger partial charge in [-0.1, -0.05) is 17.8 Å². The van der Waals surface area contributed by atoms with Crippen molar-refractivity contribution in [2.24, 2.45) is 5.92 Å². The van der Waals surface area contributed by atoms with Crippen molar-refractivity contribution in [1.29, 1.82) is 0 Å². The molecule has 8 heteroatoms. The Hall–Kier alpha value is -1.67. The third-order valence-corrected chi connectivity index (χ3v) is 7.74. The lowest BCUT2D eigenvalue weighted by molar-refractivity contribution is 0.101. The molecule has 1 aromatic heterocycles. The van der Waals surface area contributed by atoms with Gasteiger partial charge in [0.15, 0.2) is 15.6 Å². The summed E-state index contributed by atoms with van der Waals surface area (Å²) in [4.78, 5) is 11.9. The maximum Gasteiger partial charge on any atom is 0.276 e. The van der Waals surface area contributed by atoms with E-state index in [0.29, 0.717) is 29.7 Å². The molecule has 3 rings (SSSR count). The quantitative estimate of drug-likeness (QED) is 0.534. The summed E-state index contributed by atoms with van der Waals surface area (Å²) in [7, 11) is -2.90. The van der Waals surface area contributed by atoms with Gasteiger partial charge in [-0.05, 0) is 62.3 Å². The summed E-state index contributed by atoms with van der Waals surface area (Å²) in [6.07, 6.45) is 1.16. The maximum atomic E-state index is 11.9. The van der Waals surface area contributed by atoms with E-state index in [2.05, 4.69) is 10.2 Å². The van der Waals surface area contributed by atoms with E-state index >= 15 is 0 Å². The molecule has 0 amide bonds. The van der Waals surface area contributed by atoms with Crippen LogP contribution in [0.15, 0.2) is 15.7 Å². The van der Waals surface area contributed by atoms with Crippen LogP contribution in [-0.2, 0) is 22.0 Å². The van der Waals surface area contributed by atoms with Crippen LogP contribution in [0.3, 0.4) is 0 Å². The van der Waals surface area contributed by atoms with Gasteiger partial charge < -0.3 is 4.42 Å². The van der Waals surface area contributed by atoms with Gasteiger partial charge in [-0.3, -0.25) is 4.79 Å². The van der Waals surface area contributed by atoms with Gasteiger partial charge in [0.05, 0.1) is 11.5 Å². The number of Topliss-reactive ketones (excluding diaryl/α,β-unsaturated/α-hetero) is 1. The number of carbonyl (C=O) groups excluding carboxylic acids is 1. The van der Waals surface area contributed by atoms with Crippen molar-refractivity contribution in [2.75, 3.05) is 11.5 Å². The number of ketones is 1. The van der Waals surface area contributed by atoms with Crippen molar-refractivity contribution in [2.45, 2.75) is 51.5 Å². The van der Waals surface area contributed by atoms with Crippen molar-refractivity contribution in [1.82, 2.24) is 10.2 Å². The monoisotopic (exact) mass is 408 g/mol. The fraction of sp³-hybridized carbons (Fsp3) is 0.526. The van der Waals surface area contributed by atoms with Crippen molar-refractivity contribution >= 4 is 27.4 Å². The highest BCUT2D eigenvalue weighted by molar-refractivity contribution is 7.98. The molecule has 0 radical (unpaired) electrons. The molecule has 1 atom stereocenters. The van der Waals surface area contributed by atoms with Crippen LogP contribution in [0.5, 0.6) is 0 Å². The molecule has 1 aliphatic rings. The van der Waals surface area contributed by atoms with Gasteiger partial charge >= 0.3 is 0 Å². The number of rotatable bonds is 6. The van der Waals surface area contributed by atoms with Crippen LogP contribution in [0.25, 0.3) is 0 Å². The molecule has 0 saturated carbocycles. The molecule has 0 spiro atoms.